The first-order valence-corrected chi connectivity index (χ1v) is 20.9. The number of rotatable bonds is 15. The molecule has 0 fully saturated rings. The average molecular weight is 803 g/mol. The Balaban J connectivity index is -0.0000000837. The normalized spacial score (nSPS) is 11.7. The first kappa shape index (κ1) is 75.2. The highest BCUT2D eigenvalue weighted by Crippen LogP contribution is 2.26. The molecule has 0 N–H and O–H groups in total. The van der Waals surface area contributed by atoms with Crippen LogP contribution in [0.1, 0.15) is 191 Å². The van der Waals surface area contributed by atoms with Gasteiger partial charge in [-0.1, -0.05) is 275 Å². The van der Waals surface area contributed by atoms with Gasteiger partial charge >= 0.3 is 0 Å². The van der Waals surface area contributed by atoms with Gasteiger partial charge in [0.15, 0.2) is 0 Å². The molecule has 0 aliphatic rings. The van der Waals surface area contributed by atoms with Crippen LogP contribution in [0.3, 0.4) is 0 Å². The summed E-state index contributed by atoms with van der Waals surface area (Å²) >= 11 is 0. The van der Waals surface area contributed by atoms with Gasteiger partial charge in [-0.25, -0.2) is 0 Å². The van der Waals surface area contributed by atoms with E-state index in [0.717, 1.165) is 12.0 Å². The maximum Gasteiger partial charge on any atom is -0.00201 e. The molecule has 338 valence electrons. The number of hydrogen-bond donors (Lipinski definition) is 0. The third-order valence-electron chi connectivity index (χ3n) is 7.92. The van der Waals surface area contributed by atoms with Crippen LogP contribution in [-0.2, 0) is 6.42 Å². The largest absolute Gasteiger partial charge is 0.0955 e. The van der Waals surface area contributed by atoms with Crippen LogP contribution >= 0.6 is 0 Å². The minimum Gasteiger partial charge on any atom is -0.0955 e. The van der Waals surface area contributed by atoms with E-state index < -0.39 is 0 Å². The third kappa shape index (κ3) is 46.7. The van der Waals surface area contributed by atoms with Gasteiger partial charge in [-0.15, -0.1) is 0 Å². The van der Waals surface area contributed by atoms with Crippen LogP contribution in [0.4, 0.5) is 0 Å². The summed E-state index contributed by atoms with van der Waals surface area (Å²) in [5, 5.41) is 0. The summed E-state index contributed by atoms with van der Waals surface area (Å²) in [7, 11) is 0. The standard InChI is InChI=1S/C24H40.C9H12.C9H14.C7H8.2C2H6.5CH4/c1-8-12-16-21(6)23(14-10-3)19-24(15-11-4)22(7)18-17-20(5)13-9-2;1-2-6-9-7-4-3-5-8-9;1-5-7-9(6-2)8(3)4;1-7-5-3-2-4-6-7;2*1-2;;;;;/h8,12-13,16-19,22-23H,9-11,14-15H2,1-7H3;3-5,7-8H,2,6H2,1H3;5-7H,3H2,1-2,4H3;2-6H,1H3;2*1-2H3;5*1H4/b12-8-,18-17-,20-13-,21-16+,24-19+;;7-5-,9-6+;;;;;;;;. The molecule has 0 nitrogen and oxygen atoms in total. The Labute approximate surface area is 370 Å². The van der Waals surface area contributed by atoms with Crippen LogP contribution in [0.15, 0.2) is 156 Å². The first-order chi connectivity index (χ1) is 25.5. The Morgan fingerprint density at radius 3 is 1.55 bits per heavy atom. The van der Waals surface area contributed by atoms with E-state index in [9.17, 15) is 0 Å². The molecular formula is C58H106. The van der Waals surface area contributed by atoms with Gasteiger partial charge < -0.3 is 0 Å². The zero-order valence-electron chi connectivity index (χ0n) is 37.9. The molecule has 0 amide bonds. The zero-order valence-corrected chi connectivity index (χ0v) is 37.9. The predicted molar refractivity (Wildman–Crippen MR) is 284 cm³/mol. The molecule has 2 aromatic carbocycles. The van der Waals surface area contributed by atoms with E-state index in [0.29, 0.717) is 11.8 Å². The molecule has 0 aliphatic heterocycles. The van der Waals surface area contributed by atoms with Gasteiger partial charge in [-0.2, -0.15) is 0 Å². The van der Waals surface area contributed by atoms with Crippen molar-refractivity contribution in [1.29, 1.82) is 0 Å². The molecule has 0 heteroatoms. The summed E-state index contributed by atoms with van der Waals surface area (Å²) in [5.41, 5.74) is 9.54. The van der Waals surface area contributed by atoms with Gasteiger partial charge in [0.25, 0.3) is 0 Å². The lowest BCUT2D eigenvalue weighted by molar-refractivity contribution is 0.636. The fraction of sp³-hybridized carbons (Fsp3) is 0.517. The van der Waals surface area contributed by atoms with Crippen molar-refractivity contribution in [3.8, 4) is 0 Å². The maximum atomic E-state index is 3.83. The Hall–Kier alpha value is -3.64. The van der Waals surface area contributed by atoms with Crippen LogP contribution in [0.2, 0.25) is 0 Å². The fourth-order valence-corrected chi connectivity index (χ4v) is 5.08. The van der Waals surface area contributed by atoms with Crippen molar-refractivity contribution < 1.29 is 0 Å². The Bertz CT molecular complexity index is 1290. The number of allylic oxidation sites excluding steroid dienone is 15. The Morgan fingerprint density at radius 2 is 1.21 bits per heavy atom. The second-order valence-electron chi connectivity index (χ2n) is 12.7. The summed E-state index contributed by atoms with van der Waals surface area (Å²) in [5.74, 6) is 1.08. The van der Waals surface area contributed by atoms with Crippen LogP contribution in [0.25, 0.3) is 0 Å². The molecule has 0 bridgehead atoms. The topological polar surface area (TPSA) is 0 Å². The average Bonchev–Trinajstić information content (AvgIpc) is 3.17. The van der Waals surface area contributed by atoms with E-state index in [4.69, 9.17) is 0 Å². The Morgan fingerprint density at radius 1 is 0.690 bits per heavy atom. The van der Waals surface area contributed by atoms with Crippen molar-refractivity contribution in [1.82, 2.24) is 0 Å². The summed E-state index contributed by atoms with van der Waals surface area (Å²) in [4.78, 5) is 0. The van der Waals surface area contributed by atoms with Gasteiger partial charge in [0.1, 0.15) is 0 Å². The van der Waals surface area contributed by atoms with Crippen molar-refractivity contribution in [2.75, 3.05) is 0 Å². The zero-order chi connectivity index (χ0) is 41.3. The van der Waals surface area contributed by atoms with Gasteiger partial charge in [-0.3, -0.25) is 0 Å². The van der Waals surface area contributed by atoms with E-state index >= 15 is 0 Å². The molecule has 2 aromatic rings. The molecule has 2 rings (SSSR count). The van der Waals surface area contributed by atoms with Gasteiger partial charge in [0, 0.05) is 0 Å². The molecule has 58 heavy (non-hydrogen) atoms. The van der Waals surface area contributed by atoms with Crippen molar-refractivity contribution in [3.63, 3.8) is 0 Å². The second-order valence-corrected chi connectivity index (χ2v) is 12.7. The van der Waals surface area contributed by atoms with E-state index in [1.165, 1.54) is 66.4 Å². The molecule has 0 radical (unpaired) electrons. The summed E-state index contributed by atoms with van der Waals surface area (Å²) in [6, 6.07) is 20.8. The highest BCUT2D eigenvalue weighted by atomic mass is 14.2. The minimum absolute atomic E-state index is 0. The molecule has 0 aromatic heterocycles. The first-order valence-electron chi connectivity index (χ1n) is 20.9. The molecule has 0 saturated heterocycles. The van der Waals surface area contributed by atoms with E-state index in [-0.39, 0.29) is 37.1 Å². The lowest BCUT2D eigenvalue weighted by atomic mass is 9.87. The second kappa shape index (κ2) is 57.7. The van der Waals surface area contributed by atoms with Crippen LogP contribution in [0, 0.1) is 18.8 Å². The van der Waals surface area contributed by atoms with Crippen molar-refractivity contribution >= 4 is 0 Å². The molecule has 0 aliphatic carbocycles. The predicted octanol–water partition coefficient (Wildman–Crippen LogP) is 21.2. The highest BCUT2D eigenvalue weighted by molar-refractivity contribution is 5.35. The molecule has 0 heterocycles. The lowest BCUT2D eigenvalue weighted by Crippen LogP contribution is -2.04. The van der Waals surface area contributed by atoms with Crippen LogP contribution in [0.5, 0.6) is 0 Å². The van der Waals surface area contributed by atoms with Crippen LogP contribution < -0.4 is 0 Å². The van der Waals surface area contributed by atoms with Gasteiger partial charge in [0.05, 0.1) is 0 Å². The van der Waals surface area contributed by atoms with Gasteiger partial charge in [0.2, 0.25) is 0 Å². The third-order valence-corrected chi connectivity index (χ3v) is 7.92. The van der Waals surface area contributed by atoms with E-state index in [1.807, 2.05) is 72.7 Å². The maximum absolute atomic E-state index is 3.83. The molecule has 2 atom stereocenters. The SMILES string of the molecule is C.C.C.C.C.C/C=C\C=C(/C)C(/C=C(\CCC)C(C)/C=C\C(C)=C/CC)CCC.C=C(C)C(/C=C\C)=C/C.CC.CC.CCCc1ccccc1.Cc1ccccc1. The van der Waals surface area contributed by atoms with Crippen molar-refractivity contribution in [2.45, 2.75) is 193 Å². The van der Waals surface area contributed by atoms with Crippen molar-refractivity contribution in [2.24, 2.45) is 11.8 Å². The number of aryl methyl sites for hydroxylation is 2. The summed E-state index contributed by atoms with van der Waals surface area (Å²) < 4.78 is 0. The van der Waals surface area contributed by atoms with E-state index in [1.54, 1.807) is 5.57 Å². The highest BCUT2D eigenvalue weighted by Gasteiger charge is 2.11. The molecule has 0 saturated carbocycles. The summed E-state index contributed by atoms with van der Waals surface area (Å²) in [6.45, 7) is 37.8. The molecule has 0 spiro atoms. The number of benzene rings is 2. The molecular weight excluding hydrogens is 697 g/mol. The smallest absolute Gasteiger partial charge is 0.00201 e. The molecule has 2 unspecified atom stereocenters. The number of hydrogen-bond acceptors (Lipinski definition) is 0. The van der Waals surface area contributed by atoms with Crippen LogP contribution in [-0.4, -0.2) is 0 Å². The fourth-order valence-electron chi connectivity index (χ4n) is 5.08. The summed E-state index contributed by atoms with van der Waals surface area (Å²) in [6.07, 6.45) is 30.6. The lowest BCUT2D eigenvalue weighted by Gasteiger charge is -2.19. The minimum atomic E-state index is 0. The quantitative estimate of drug-likeness (QED) is 0.124. The Kier molecular flexibility index (Phi) is 74.8. The monoisotopic (exact) mass is 803 g/mol. The van der Waals surface area contributed by atoms with E-state index in [2.05, 4.69) is 166 Å². The van der Waals surface area contributed by atoms with Gasteiger partial charge in [-0.05, 0) is 97.1 Å². The van der Waals surface area contributed by atoms with Crippen molar-refractivity contribution in [3.05, 3.63) is 167 Å².